The smallest absolute Gasteiger partial charge is 0.135 e. The maximum atomic E-state index is 5.75. The second-order valence-electron chi connectivity index (χ2n) is 3.65. The minimum atomic E-state index is 0.346. The molecule has 0 bridgehead atoms. The fraction of sp³-hybridized carbons (Fsp3) is 0.133. The third kappa shape index (κ3) is 3.34. The zero-order valence-corrected chi connectivity index (χ0v) is 9.97. The molecule has 1 heterocycles. The lowest BCUT2D eigenvalue weighted by Crippen LogP contribution is -1.98. The number of nitrogens with zero attached hydrogens (tertiary/aromatic N) is 1. The Hall–Kier alpha value is -2.31. The van der Waals surface area contributed by atoms with E-state index in [4.69, 9.17) is 10.5 Å². The molecule has 0 spiro atoms. The number of ether oxygens (including phenoxy) is 1. The average Bonchev–Trinajstić information content (AvgIpc) is 2.45. The Morgan fingerprint density at radius 3 is 2.67 bits per heavy atom. The quantitative estimate of drug-likeness (QED) is 0.832. The topological polar surface area (TPSA) is 48.1 Å². The van der Waals surface area contributed by atoms with Crippen molar-refractivity contribution in [1.82, 2.24) is 4.98 Å². The summed E-state index contributed by atoms with van der Waals surface area (Å²) in [6, 6.07) is 11.5. The van der Waals surface area contributed by atoms with Gasteiger partial charge in [-0.05, 0) is 29.8 Å². The molecule has 18 heavy (non-hydrogen) atoms. The third-order valence-electron chi connectivity index (χ3n) is 2.36. The highest BCUT2D eigenvalue weighted by atomic mass is 16.5. The van der Waals surface area contributed by atoms with Gasteiger partial charge in [0.1, 0.15) is 12.4 Å². The SMILES string of the molecule is NCC#Cc1ccccc1OCc1ccncc1. The molecule has 90 valence electrons. The molecule has 2 rings (SSSR count). The first-order valence-corrected chi connectivity index (χ1v) is 5.70. The summed E-state index contributed by atoms with van der Waals surface area (Å²) in [4.78, 5) is 3.97. The Kier molecular flexibility index (Phi) is 4.34. The summed E-state index contributed by atoms with van der Waals surface area (Å²) >= 11 is 0. The average molecular weight is 238 g/mol. The van der Waals surface area contributed by atoms with E-state index in [1.54, 1.807) is 12.4 Å². The van der Waals surface area contributed by atoms with Gasteiger partial charge in [-0.15, -0.1) is 0 Å². The molecule has 0 unspecified atom stereocenters. The Labute approximate surface area is 107 Å². The van der Waals surface area contributed by atoms with Crippen molar-refractivity contribution < 1.29 is 4.74 Å². The summed E-state index contributed by atoms with van der Waals surface area (Å²) in [7, 11) is 0. The Morgan fingerprint density at radius 1 is 1.11 bits per heavy atom. The van der Waals surface area contributed by atoms with Gasteiger partial charge in [0.15, 0.2) is 0 Å². The molecule has 1 aromatic carbocycles. The van der Waals surface area contributed by atoms with Crippen LogP contribution in [0, 0.1) is 11.8 Å². The predicted octanol–water partition coefficient (Wildman–Crippen LogP) is 1.97. The third-order valence-corrected chi connectivity index (χ3v) is 2.36. The van der Waals surface area contributed by atoms with Gasteiger partial charge in [0.05, 0.1) is 12.1 Å². The lowest BCUT2D eigenvalue weighted by molar-refractivity contribution is 0.305. The number of hydrogen-bond acceptors (Lipinski definition) is 3. The van der Waals surface area contributed by atoms with Gasteiger partial charge in [-0.2, -0.15) is 0 Å². The van der Waals surface area contributed by atoms with Gasteiger partial charge in [-0.25, -0.2) is 0 Å². The van der Waals surface area contributed by atoms with Crippen molar-refractivity contribution >= 4 is 0 Å². The van der Waals surface area contributed by atoms with Crippen molar-refractivity contribution in [3.63, 3.8) is 0 Å². The van der Waals surface area contributed by atoms with Gasteiger partial charge in [0.2, 0.25) is 0 Å². The lowest BCUT2D eigenvalue weighted by atomic mass is 10.2. The van der Waals surface area contributed by atoms with Crippen molar-refractivity contribution in [2.45, 2.75) is 6.61 Å². The molecule has 0 saturated carbocycles. The minimum absolute atomic E-state index is 0.346. The summed E-state index contributed by atoms with van der Waals surface area (Å²) < 4.78 is 5.75. The van der Waals surface area contributed by atoms with E-state index in [2.05, 4.69) is 16.8 Å². The second kappa shape index (κ2) is 6.43. The highest BCUT2D eigenvalue weighted by molar-refractivity contribution is 5.46. The predicted molar refractivity (Wildman–Crippen MR) is 70.9 cm³/mol. The summed E-state index contributed by atoms with van der Waals surface area (Å²) in [5.41, 5.74) is 7.30. The molecule has 0 radical (unpaired) electrons. The lowest BCUT2D eigenvalue weighted by Gasteiger charge is -2.07. The standard InChI is InChI=1S/C15H14N2O/c16-9-3-5-14-4-1-2-6-15(14)18-12-13-7-10-17-11-8-13/h1-2,4,6-8,10-11H,9,12,16H2. The molecule has 0 aliphatic heterocycles. The first kappa shape index (κ1) is 12.2. The zero-order valence-electron chi connectivity index (χ0n) is 9.97. The van der Waals surface area contributed by atoms with Crippen molar-refractivity contribution in [2.24, 2.45) is 5.73 Å². The van der Waals surface area contributed by atoms with E-state index < -0.39 is 0 Å². The molecular weight excluding hydrogens is 224 g/mol. The highest BCUT2D eigenvalue weighted by Crippen LogP contribution is 2.18. The molecule has 0 aliphatic carbocycles. The number of pyridine rings is 1. The fourth-order valence-corrected chi connectivity index (χ4v) is 1.48. The summed E-state index contributed by atoms with van der Waals surface area (Å²) in [6.45, 7) is 0.850. The first-order valence-electron chi connectivity index (χ1n) is 5.70. The van der Waals surface area contributed by atoms with Gasteiger partial charge in [0, 0.05) is 12.4 Å². The van der Waals surface area contributed by atoms with E-state index in [0.717, 1.165) is 16.9 Å². The van der Waals surface area contributed by atoms with Crippen LogP contribution in [0.2, 0.25) is 0 Å². The van der Waals surface area contributed by atoms with Gasteiger partial charge in [-0.3, -0.25) is 4.98 Å². The summed E-state index contributed by atoms with van der Waals surface area (Å²) in [5, 5.41) is 0. The van der Waals surface area contributed by atoms with E-state index in [9.17, 15) is 0 Å². The van der Waals surface area contributed by atoms with Crippen LogP contribution in [-0.2, 0) is 6.61 Å². The van der Waals surface area contributed by atoms with E-state index in [-0.39, 0.29) is 0 Å². The van der Waals surface area contributed by atoms with Gasteiger partial charge >= 0.3 is 0 Å². The summed E-state index contributed by atoms with van der Waals surface area (Å²) in [6.07, 6.45) is 3.50. The molecule has 0 fully saturated rings. The number of rotatable bonds is 3. The molecule has 0 atom stereocenters. The zero-order chi connectivity index (χ0) is 12.6. The van der Waals surface area contributed by atoms with Crippen LogP contribution in [0.5, 0.6) is 5.75 Å². The number of benzene rings is 1. The van der Waals surface area contributed by atoms with Crippen molar-refractivity contribution in [3.05, 3.63) is 59.9 Å². The fourth-order valence-electron chi connectivity index (χ4n) is 1.48. The van der Waals surface area contributed by atoms with E-state index in [1.807, 2.05) is 36.4 Å². The van der Waals surface area contributed by atoms with Gasteiger partial charge in [0.25, 0.3) is 0 Å². The van der Waals surface area contributed by atoms with Crippen LogP contribution in [0.25, 0.3) is 0 Å². The van der Waals surface area contributed by atoms with Crippen LogP contribution in [0.3, 0.4) is 0 Å². The summed E-state index contributed by atoms with van der Waals surface area (Å²) in [5.74, 6) is 6.60. The van der Waals surface area contributed by atoms with Crippen LogP contribution < -0.4 is 10.5 Å². The second-order valence-corrected chi connectivity index (χ2v) is 3.65. The van der Waals surface area contributed by atoms with Crippen molar-refractivity contribution in [2.75, 3.05) is 6.54 Å². The van der Waals surface area contributed by atoms with E-state index in [0.29, 0.717) is 13.2 Å². The molecule has 0 aliphatic rings. The maximum absolute atomic E-state index is 5.75. The largest absolute Gasteiger partial charge is 0.488 e. The number of para-hydroxylation sites is 1. The van der Waals surface area contributed by atoms with E-state index in [1.165, 1.54) is 0 Å². The van der Waals surface area contributed by atoms with Crippen LogP contribution in [0.4, 0.5) is 0 Å². The first-order chi connectivity index (χ1) is 8.90. The molecule has 3 heteroatoms. The number of hydrogen-bond donors (Lipinski definition) is 1. The molecule has 2 N–H and O–H groups in total. The van der Waals surface area contributed by atoms with Crippen molar-refractivity contribution in [1.29, 1.82) is 0 Å². The molecule has 1 aromatic heterocycles. The molecule has 3 nitrogen and oxygen atoms in total. The Bertz CT molecular complexity index is 555. The Balaban J connectivity index is 2.09. The van der Waals surface area contributed by atoms with Gasteiger partial charge < -0.3 is 10.5 Å². The normalized spacial score (nSPS) is 9.39. The maximum Gasteiger partial charge on any atom is 0.135 e. The van der Waals surface area contributed by atoms with Crippen LogP contribution in [0.15, 0.2) is 48.8 Å². The van der Waals surface area contributed by atoms with Crippen LogP contribution in [-0.4, -0.2) is 11.5 Å². The number of nitrogens with two attached hydrogens (primary N) is 1. The molecule has 0 saturated heterocycles. The van der Waals surface area contributed by atoms with E-state index >= 15 is 0 Å². The van der Waals surface area contributed by atoms with Crippen molar-refractivity contribution in [3.8, 4) is 17.6 Å². The molecular formula is C15H14N2O. The van der Waals surface area contributed by atoms with Crippen LogP contribution in [0.1, 0.15) is 11.1 Å². The minimum Gasteiger partial charge on any atom is -0.488 e. The molecule has 0 amide bonds. The Morgan fingerprint density at radius 2 is 1.89 bits per heavy atom. The van der Waals surface area contributed by atoms with Gasteiger partial charge in [-0.1, -0.05) is 24.0 Å². The molecule has 2 aromatic rings. The monoisotopic (exact) mass is 238 g/mol. The highest BCUT2D eigenvalue weighted by Gasteiger charge is 2.00. The van der Waals surface area contributed by atoms with Crippen LogP contribution >= 0.6 is 0 Å². The number of aromatic nitrogens is 1.